The molecule has 2 rings (SSSR count). The molecule has 0 fully saturated rings. The van der Waals surface area contributed by atoms with E-state index in [1.165, 1.54) is 0 Å². The monoisotopic (exact) mass is 386 g/mol. The van der Waals surface area contributed by atoms with Crippen LogP contribution >= 0.6 is 39.1 Å². The Balaban J connectivity index is 1.85. The molecule has 2 N–H and O–H groups in total. The normalized spacial score (nSPS) is 10.2. The van der Waals surface area contributed by atoms with Crippen LogP contribution in [-0.2, 0) is 6.42 Å². The van der Waals surface area contributed by atoms with Gasteiger partial charge in [0.25, 0.3) is 0 Å². The average molecular weight is 388 g/mol. The van der Waals surface area contributed by atoms with Crippen molar-refractivity contribution in [1.82, 2.24) is 5.32 Å². The van der Waals surface area contributed by atoms with Crippen LogP contribution in [0, 0.1) is 0 Å². The van der Waals surface area contributed by atoms with Gasteiger partial charge in [-0.25, -0.2) is 4.79 Å². The van der Waals surface area contributed by atoms with Gasteiger partial charge in [-0.15, -0.1) is 0 Å². The number of para-hydroxylation sites is 1. The second kappa shape index (κ2) is 7.69. The van der Waals surface area contributed by atoms with Crippen LogP contribution in [0.2, 0.25) is 10.0 Å². The van der Waals surface area contributed by atoms with Crippen LogP contribution in [0.5, 0.6) is 0 Å². The quantitative estimate of drug-likeness (QED) is 0.750. The zero-order valence-corrected chi connectivity index (χ0v) is 14.1. The summed E-state index contributed by atoms with van der Waals surface area (Å²) in [5, 5.41) is 6.24. The molecule has 2 aromatic rings. The Morgan fingerprint density at radius 1 is 1.10 bits per heavy atom. The van der Waals surface area contributed by atoms with E-state index in [0.29, 0.717) is 22.3 Å². The molecule has 0 aliphatic carbocycles. The molecule has 0 unspecified atom stereocenters. The largest absolute Gasteiger partial charge is 0.338 e. The summed E-state index contributed by atoms with van der Waals surface area (Å²) >= 11 is 15.4. The third kappa shape index (κ3) is 4.92. The minimum atomic E-state index is -0.333. The molecule has 110 valence electrons. The molecule has 0 spiro atoms. The number of benzene rings is 2. The molecule has 0 saturated carbocycles. The highest BCUT2D eigenvalue weighted by atomic mass is 79.9. The van der Waals surface area contributed by atoms with Crippen LogP contribution < -0.4 is 10.6 Å². The van der Waals surface area contributed by atoms with Crippen molar-refractivity contribution in [2.24, 2.45) is 0 Å². The number of hydrogen-bond acceptors (Lipinski definition) is 1. The molecular formula is C15H13BrCl2N2O. The van der Waals surface area contributed by atoms with E-state index in [1.54, 1.807) is 18.2 Å². The summed E-state index contributed by atoms with van der Waals surface area (Å²) in [6.07, 6.45) is 0.739. The van der Waals surface area contributed by atoms with Gasteiger partial charge in [0.2, 0.25) is 0 Å². The number of anilines is 1. The smallest absolute Gasteiger partial charge is 0.319 e. The summed E-state index contributed by atoms with van der Waals surface area (Å²) in [7, 11) is 0. The SMILES string of the molecule is O=C(NCCc1cccc(Br)c1)Nc1c(Cl)cccc1Cl. The van der Waals surface area contributed by atoms with Gasteiger partial charge < -0.3 is 10.6 Å². The van der Waals surface area contributed by atoms with Crippen LogP contribution in [-0.4, -0.2) is 12.6 Å². The molecule has 0 aliphatic rings. The van der Waals surface area contributed by atoms with Gasteiger partial charge in [-0.1, -0.05) is 57.3 Å². The Morgan fingerprint density at radius 3 is 2.43 bits per heavy atom. The standard InChI is InChI=1S/C15H13BrCl2N2O/c16-11-4-1-3-10(9-11)7-8-19-15(21)20-14-12(17)5-2-6-13(14)18/h1-6,9H,7-8H2,(H2,19,20,21). The van der Waals surface area contributed by atoms with Gasteiger partial charge in [0.05, 0.1) is 15.7 Å². The Kier molecular flexibility index (Phi) is 5.91. The Morgan fingerprint density at radius 2 is 1.76 bits per heavy atom. The van der Waals surface area contributed by atoms with Crippen molar-refractivity contribution in [3.63, 3.8) is 0 Å². The van der Waals surface area contributed by atoms with E-state index >= 15 is 0 Å². The Bertz CT molecular complexity index is 629. The number of urea groups is 1. The second-order valence-corrected chi connectivity index (χ2v) is 6.09. The maximum absolute atomic E-state index is 11.8. The molecule has 2 aromatic carbocycles. The van der Waals surface area contributed by atoms with Gasteiger partial charge in [0, 0.05) is 11.0 Å². The maximum atomic E-state index is 11.8. The zero-order chi connectivity index (χ0) is 15.2. The fourth-order valence-electron chi connectivity index (χ4n) is 1.79. The summed E-state index contributed by atoms with van der Waals surface area (Å²) in [4.78, 5) is 11.8. The highest BCUT2D eigenvalue weighted by Crippen LogP contribution is 2.29. The molecule has 0 aromatic heterocycles. The van der Waals surface area contributed by atoms with E-state index in [2.05, 4.69) is 26.6 Å². The maximum Gasteiger partial charge on any atom is 0.319 e. The minimum Gasteiger partial charge on any atom is -0.338 e. The highest BCUT2D eigenvalue weighted by Gasteiger charge is 2.08. The van der Waals surface area contributed by atoms with E-state index in [4.69, 9.17) is 23.2 Å². The van der Waals surface area contributed by atoms with Crippen molar-refractivity contribution >= 4 is 50.9 Å². The first-order chi connectivity index (χ1) is 10.1. The molecule has 0 bridgehead atoms. The van der Waals surface area contributed by atoms with Crippen molar-refractivity contribution in [3.8, 4) is 0 Å². The topological polar surface area (TPSA) is 41.1 Å². The summed E-state index contributed by atoms with van der Waals surface area (Å²) in [6, 6.07) is 12.7. The van der Waals surface area contributed by atoms with Gasteiger partial charge in [-0.2, -0.15) is 0 Å². The summed E-state index contributed by atoms with van der Waals surface area (Å²) in [5.74, 6) is 0. The van der Waals surface area contributed by atoms with Crippen molar-refractivity contribution in [2.75, 3.05) is 11.9 Å². The molecule has 0 aliphatic heterocycles. The molecule has 6 heteroatoms. The molecular weight excluding hydrogens is 375 g/mol. The fourth-order valence-corrected chi connectivity index (χ4v) is 2.73. The van der Waals surface area contributed by atoms with E-state index in [1.807, 2.05) is 24.3 Å². The highest BCUT2D eigenvalue weighted by molar-refractivity contribution is 9.10. The van der Waals surface area contributed by atoms with Gasteiger partial charge in [0.1, 0.15) is 0 Å². The van der Waals surface area contributed by atoms with Crippen molar-refractivity contribution in [2.45, 2.75) is 6.42 Å². The van der Waals surface area contributed by atoms with Crippen LogP contribution in [0.15, 0.2) is 46.9 Å². The van der Waals surface area contributed by atoms with Crippen molar-refractivity contribution in [1.29, 1.82) is 0 Å². The number of rotatable bonds is 4. The predicted molar refractivity (Wildman–Crippen MR) is 91.3 cm³/mol. The average Bonchev–Trinajstić information content (AvgIpc) is 2.43. The summed E-state index contributed by atoms with van der Waals surface area (Å²) in [5.41, 5.74) is 1.56. The van der Waals surface area contributed by atoms with Gasteiger partial charge >= 0.3 is 6.03 Å². The van der Waals surface area contributed by atoms with E-state index in [0.717, 1.165) is 16.5 Å². The lowest BCUT2D eigenvalue weighted by Crippen LogP contribution is -2.30. The lowest BCUT2D eigenvalue weighted by Gasteiger charge is -2.10. The number of nitrogens with one attached hydrogen (secondary N) is 2. The molecule has 0 radical (unpaired) electrons. The number of amides is 2. The fraction of sp³-hybridized carbons (Fsp3) is 0.133. The molecule has 3 nitrogen and oxygen atoms in total. The van der Waals surface area contributed by atoms with Crippen molar-refractivity contribution in [3.05, 3.63) is 62.5 Å². The Labute approximate surface area is 141 Å². The number of carbonyl (C=O) groups is 1. The van der Waals surface area contributed by atoms with Crippen LogP contribution in [0.25, 0.3) is 0 Å². The molecule has 0 atom stereocenters. The molecule has 0 heterocycles. The third-order valence-corrected chi connectivity index (χ3v) is 3.91. The van der Waals surface area contributed by atoms with Crippen LogP contribution in [0.3, 0.4) is 0 Å². The first kappa shape index (κ1) is 16.1. The summed E-state index contributed by atoms with van der Waals surface area (Å²) < 4.78 is 1.02. The van der Waals surface area contributed by atoms with Crippen molar-refractivity contribution < 1.29 is 4.79 Å². The van der Waals surface area contributed by atoms with Gasteiger partial charge in [-0.05, 0) is 36.2 Å². The molecule has 2 amide bonds. The number of halogens is 3. The van der Waals surface area contributed by atoms with Crippen LogP contribution in [0.4, 0.5) is 10.5 Å². The number of carbonyl (C=O) groups excluding carboxylic acids is 1. The first-order valence-electron chi connectivity index (χ1n) is 6.29. The lowest BCUT2D eigenvalue weighted by atomic mass is 10.1. The first-order valence-corrected chi connectivity index (χ1v) is 7.84. The molecule has 0 saturated heterocycles. The second-order valence-electron chi connectivity index (χ2n) is 4.36. The zero-order valence-electron chi connectivity index (χ0n) is 11.0. The lowest BCUT2D eigenvalue weighted by molar-refractivity contribution is 0.252. The van der Waals surface area contributed by atoms with E-state index in [9.17, 15) is 4.79 Å². The van der Waals surface area contributed by atoms with Gasteiger partial charge in [0.15, 0.2) is 0 Å². The number of hydrogen-bond donors (Lipinski definition) is 2. The molecule has 21 heavy (non-hydrogen) atoms. The Hall–Kier alpha value is -1.23. The van der Waals surface area contributed by atoms with E-state index < -0.39 is 0 Å². The van der Waals surface area contributed by atoms with E-state index in [-0.39, 0.29) is 6.03 Å². The third-order valence-electron chi connectivity index (χ3n) is 2.79. The van der Waals surface area contributed by atoms with Crippen LogP contribution in [0.1, 0.15) is 5.56 Å². The van der Waals surface area contributed by atoms with Gasteiger partial charge in [-0.3, -0.25) is 0 Å². The minimum absolute atomic E-state index is 0.333. The predicted octanol–water partition coefficient (Wildman–Crippen LogP) is 5.12. The summed E-state index contributed by atoms with van der Waals surface area (Å²) in [6.45, 7) is 0.518.